The molecule has 0 atom stereocenters. The first kappa shape index (κ1) is 15.5. The lowest BCUT2D eigenvalue weighted by Crippen LogP contribution is -2.39. The molecule has 3 amide bonds. The van der Waals surface area contributed by atoms with Crippen molar-refractivity contribution in [3.63, 3.8) is 0 Å². The Hall–Kier alpha value is -2.57. The minimum absolute atomic E-state index is 0.276. The summed E-state index contributed by atoms with van der Waals surface area (Å²) in [6.07, 6.45) is 0. The highest BCUT2D eigenvalue weighted by atomic mass is 16.5. The maximum atomic E-state index is 11.5. The number of amides is 3. The first-order valence-corrected chi connectivity index (χ1v) is 5.98. The van der Waals surface area contributed by atoms with Crippen LogP contribution in [0.1, 0.15) is 17.3 Å². The predicted octanol–water partition coefficient (Wildman–Crippen LogP) is 0.698. The van der Waals surface area contributed by atoms with Gasteiger partial charge in [-0.2, -0.15) is 0 Å². The Bertz CT molecular complexity index is 501. The van der Waals surface area contributed by atoms with E-state index in [4.69, 9.17) is 9.47 Å². The SMILES string of the molecule is CCOC(=O)c1cccc(OCC(=O)NC(=O)NC)c1. The van der Waals surface area contributed by atoms with Crippen molar-refractivity contribution in [1.29, 1.82) is 0 Å². The van der Waals surface area contributed by atoms with Crippen molar-refractivity contribution in [1.82, 2.24) is 10.6 Å². The van der Waals surface area contributed by atoms with Gasteiger partial charge in [0.15, 0.2) is 6.61 Å². The molecular weight excluding hydrogens is 264 g/mol. The van der Waals surface area contributed by atoms with Gasteiger partial charge in [0.25, 0.3) is 5.91 Å². The first-order chi connectivity index (χ1) is 9.56. The summed E-state index contributed by atoms with van der Waals surface area (Å²) in [7, 11) is 1.40. The van der Waals surface area contributed by atoms with Crippen LogP contribution in [-0.2, 0) is 9.53 Å². The number of ether oxygens (including phenoxy) is 2. The van der Waals surface area contributed by atoms with Crippen molar-refractivity contribution in [2.24, 2.45) is 0 Å². The summed E-state index contributed by atoms with van der Waals surface area (Å²) in [4.78, 5) is 33.7. The van der Waals surface area contributed by atoms with E-state index < -0.39 is 17.9 Å². The highest BCUT2D eigenvalue weighted by molar-refractivity contribution is 5.95. The number of hydrogen-bond acceptors (Lipinski definition) is 5. The van der Waals surface area contributed by atoms with Gasteiger partial charge in [-0.05, 0) is 25.1 Å². The van der Waals surface area contributed by atoms with Gasteiger partial charge in [0.1, 0.15) is 5.75 Å². The fourth-order valence-corrected chi connectivity index (χ4v) is 1.30. The van der Waals surface area contributed by atoms with Crippen molar-refractivity contribution in [3.8, 4) is 5.75 Å². The Morgan fingerprint density at radius 2 is 2.00 bits per heavy atom. The highest BCUT2D eigenvalue weighted by Gasteiger charge is 2.09. The number of carbonyl (C=O) groups is 3. The van der Waals surface area contributed by atoms with Crippen LogP contribution < -0.4 is 15.4 Å². The molecule has 0 bridgehead atoms. The number of esters is 1. The minimum Gasteiger partial charge on any atom is -0.484 e. The quantitative estimate of drug-likeness (QED) is 0.774. The van der Waals surface area contributed by atoms with E-state index in [9.17, 15) is 14.4 Å². The van der Waals surface area contributed by atoms with Crippen LogP contribution in [0.3, 0.4) is 0 Å². The Balaban J connectivity index is 2.56. The zero-order valence-electron chi connectivity index (χ0n) is 11.3. The molecule has 0 saturated heterocycles. The van der Waals surface area contributed by atoms with Crippen molar-refractivity contribution in [2.75, 3.05) is 20.3 Å². The van der Waals surface area contributed by atoms with E-state index in [1.54, 1.807) is 25.1 Å². The van der Waals surface area contributed by atoms with Gasteiger partial charge in [0, 0.05) is 7.05 Å². The molecule has 1 aromatic carbocycles. The number of rotatable bonds is 5. The highest BCUT2D eigenvalue weighted by Crippen LogP contribution is 2.14. The molecule has 0 aliphatic rings. The fourth-order valence-electron chi connectivity index (χ4n) is 1.30. The second-order valence-electron chi connectivity index (χ2n) is 3.66. The number of carbonyl (C=O) groups excluding carboxylic acids is 3. The van der Waals surface area contributed by atoms with Crippen LogP contribution in [-0.4, -0.2) is 38.2 Å². The van der Waals surface area contributed by atoms with E-state index in [0.29, 0.717) is 11.3 Å². The summed E-state index contributed by atoms with van der Waals surface area (Å²) >= 11 is 0. The third kappa shape index (κ3) is 4.97. The standard InChI is InChI=1S/C13H16N2O5/c1-3-19-12(17)9-5-4-6-10(7-9)20-8-11(16)15-13(18)14-2/h4-7H,3,8H2,1-2H3,(H2,14,15,16,18). The summed E-state index contributed by atoms with van der Waals surface area (Å²) in [6.45, 7) is 1.65. The van der Waals surface area contributed by atoms with Gasteiger partial charge >= 0.3 is 12.0 Å². The van der Waals surface area contributed by atoms with Gasteiger partial charge in [-0.1, -0.05) is 6.07 Å². The van der Waals surface area contributed by atoms with Gasteiger partial charge in [-0.3, -0.25) is 10.1 Å². The summed E-state index contributed by atoms with van der Waals surface area (Å²) in [6, 6.07) is 5.63. The molecule has 0 aliphatic carbocycles. The van der Waals surface area contributed by atoms with Gasteiger partial charge in [0.2, 0.25) is 0 Å². The van der Waals surface area contributed by atoms with E-state index in [0.717, 1.165) is 0 Å². The van der Waals surface area contributed by atoms with E-state index in [2.05, 4.69) is 10.6 Å². The molecule has 1 rings (SSSR count). The smallest absolute Gasteiger partial charge is 0.338 e. The third-order valence-electron chi connectivity index (χ3n) is 2.20. The molecule has 7 nitrogen and oxygen atoms in total. The second-order valence-corrected chi connectivity index (χ2v) is 3.66. The maximum Gasteiger partial charge on any atom is 0.338 e. The van der Waals surface area contributed by atoms with E-state index in [-0.39, 0.29) is 13.2 Å². The number of urea groups is 1. The monoisotopic (exact) mass is 280 g/mol. The van der Waals surface area contributed by atoms with Crippen LogP contribution >= 0.6 is 0 Å². The average molecular weight is 280 g/mol. The summed E-state index contributed by atoms with van der Waals surface area (Å²) in [5.41, 5.74) is 0.330. The normalized spacial score (nSPS) is 9.50. The molecule has 0 aliphatic heterocycles. The molecule has 0 fully saturated rings. The lowest BCUT2D eigenvalue weighted by Gasteiger charge is -2.07. The van der Waals surface area contributed by atoms with Crippen molar-refractivity contribution in [3.05, 3.63) is 29.8 Å². The molecule has 20 heavy (non-hydrogen) atoms. The van der Waals surface area contributed by atoms with Crippen LogP contribution in [0.2, 0.25) is 0 Å². The van der Waals surface area contributed by atoms with E-state index >= 15 is 0 Å². The van der Waals surface area contributed by atoms with Crippen LogP contribution in [0.15, 0.2) is 24.3 Å². The Kier molecular flexibility index (Phi) is 6.02. The Morgan fingerprint density at radius 3 is 2.65 bits per heavy atom. The topological polar surface area (TPSA) is 93.7 Å². The van der Waals surface area contributed by atoms with Gasteiger partial charge < -0.3 is 14.8 Å². The number of benzene rings is 1. The molecule has 0 radical (unpaired) electrons. The molecule has 7 heteroatoms. The van der Waals surface area contributed by atoms with Crippen LogP contribution in [0.5, 0.6) is 5.75 Å². The molecule has 0 spiro atoms. The lowest BCUT2D eigenvalue weighted by atomic mass is 10.2. The zero-order valence-corrected chi connectivity index (χ0v) is 11.3. The first-order valence-electron chi connectivity index (χ1n) is 5.98. The molecule has 0 saturated carbocycles. The molecule has 108 valence electrons. The summed E-state index contributed by atoms with van der Waals surface area (Å²) < 4.78 is 10.0. The maximum absolute atomic E-state index is 11.5. The van der Waals surface area contributed by atoms with Crippen LogP contribution in [0, 0.1) is 0 Å². The summed E-state index contributed by atoms with van der Waals surface area (Å²) in [5, 5.41) is 4.30. The molecule has 0 aromatic heterocycles. The molecule has 1 aromatic rings. The summed E-state index contributed by atoms with van der Waals surface area (Å²) in [5.74, 6) is -0.721. The third-order valence-corrected chi connectivity index (χ3v) is 2.20. The molecule has 0 unspecified atom stereocenters. The fraction of sp³-hybridized carbons (Fsp3) is 0.308. The molecule has 0 heterocycles. The van der Waals surface area contributed by atoms with Crippen molar-refractivity contribution < 1.29 is 23.9 Å². The van der Waals surface area contributed by atoms with Gasteiger partial charge in [0.05, 0.1) is 12.2 Å². The average Bonchev–Trinajstić information content (AvgIpc) is 2.45. The van der Waals surface area contributed by atoms with E-state index in [1.165, 1.54) is 13.1 Å². The van der Waals surface area contributed by atoms with Crippen LogP contribution in [0.4, 0.5) is 4.79 Å². The molecule has 2 N–H and O–H groups in total. The lowest BCUT2D eigenvalue weighted by molar-refractivity contribution is -0.122. The second kappa shape index (κ2) is 7.78. The molecular formula is C13H16N2O5. The van der Waals surface area contributed by atoms with Crippen LogP contribution in [0.25, 0.3) is 0 Å². The largest absolute Gasteiger partial charge is 0.484 e. The van der Waals surface area contributed by atoms with Gasteiger partial charge in [-0.15, -0.1) is 0 Å². The minimum atomic E-state index is -0.612. The Morgan fingerprint density at radius 1 is 1.25 bits per heavy atom. The number of nitrogens with one attached hydrogen (secondary N) is 2. The Labute approximate surface area is 116 Å². The number of imide groups is 1. The van der Waals surface area contributed by atoms with Crippen molar-refractivity contribution in [2.45, 2.75) is 6.92 Å². The van der Waals surface area contributed by atoms with Crippen molar-refractivity contribution >= 4 is 17.9 Å². The zero-order chi connectivity index (χ0) is 15.0. The van der Waals surface area contributed by atoms with Gasteiger partial charge in [-0.25, -0.2) is 9.59 Å². The van der Waals surface area contributed by atoms with E-state index in [1.807, 2.05) is 0 Å². The predicted molar refractivity (Wildman–Crippen MR) is 70.5 cm³/mol. The number of hydrogen-bond donors (Lipinski definition) is 2.